The molecule has 128 valence electrons. The first kappa shape index (κ1) is 17.5. The van der Waals surface area contributed by atoms with Crippen LogP contribution in [0.5, 0.6) is 0 Å². The van der Waals surface area contributed by atoms with Crippen LogP contribution in [0.1, 0.15) is 28.1 Å². The van der Waals surface area contributed by atoms with Crippen molar-refractivity contribution in [3.63, 3.8) is 0 Å². The van der Waals surface area contributed by atoms with Gasteiger partial charge >= 0.3 is 0 Å². The van der Waals surface area contributed by atoms with E-state index >= 15 is 0 Å². The minimum Gasteiger partial charge on any atom is -0.352 e. The summed E-state index contributed by atoms with van der Waals surface area (Å²) in [5, 5.41) is 5.28. The summed E-state index contributed by atoms with van der Waals surface area (Å²) in [6.45, 7) is 4.10. The SMILES string of the molecule is CSc1ccccc1C(=O)NCC1CCN(Cc2cccs2)CC1. The third-order valence-corrected chi connectivity index (χ3v) is 6.23. The van der Waals surface area contributed by atoms with E-state index in [9.17, 15) is 4.79 Å². The molecular weight excluding hydrogens is 336 g/mol. The molecule has 2 aromatic rings. The maximum absolute atomic E-state index is 12.4. The van der Waals surface area contributed by atoms with E-state index in [1.54, 1.807) is 11.8 Å². The fourth-order valence-electron chi connectivity index (χ4n) is 3.14. The highest BCUT2D eigenvalue weighted by atomic mass is 32.2. The van der Waals surface area contributed by atoms with E-state index in [-0.39, 0.29) is 5.91 Å². The molecule has 1 N–H and O–H groups in total. The molecule has 0 bridgehead atoms. The Balaban J connectivity index is 1.44. The van der Waals surface area contributed by atoms with Gasteiger partial charge in [0.1, 0.15) is 0 Å². The molecule has 3 nitrogen and oxygen atoms in total. The van der Waals surface area contributed by atoms with Gasteiger partial charge in [0, 0.05) is 22.9 Å². The van der Waals surface area contributed by atoms with Gasteiger partial charge in [0.05, 0.1) is 5.56 Å². The Bertz CT molecular complexity index is 649. The minimum atomic E-state index is 0.0564. The number of benzene rings is 1. The molecular formula is C19H24N2OS2. The number of amides is 1. The van der Waals surface area contributed by atoms with Crippen molar-refractivity contribution >= 4 is 29.0 Å². The minimum absolute atomic E-state index is 0.0564. The molecule has 1 aliphatic rings. The van der Waals surface area contributed by atoms with Crippen LogP contribution in [0.25, 0.3) is 0 Å². The second-order valence-electron chi connectivity index (χ2n) is 6.21. The zero-order valence-electron chi connectivity index (χ0n) is 14.0. The zero-order valence-corrected chi connectivity index (χ0v) is 15.7. The van der Waals surface area contributed by atoms with Gasteiger partial charge in [-0.2, -0.15) is 0 Å². The lowest BCUT2D eigenvalue weighted by atomic mass is 9.96. The van der Waals surface area contributed by atoms with E-state index < -0.39 is 0 Å². The molecule has 5 heteroatoms. The number of thiophene rings is 1. The van der Waals surface area contributed by atoms with Crippen molar-refractivity contribution in [1.29, 1.82) is 0 Å². The molecule has 0 atom stereocenters. The van der Waals surface area contributed by atoms with E-state index in [1.165, 1.54) is 4.88 Å². The molecule has 0 saturated carbocycles. The monoisotopic (exact) mass is 360 g/mol. The fraction of sp³-hybridized carbons (Fsp3) is 0.421. The number of piperidine rings is 1. The number of rotatable bonds is 6. The number of hydrogen-bond acceptors (Lipinski definition) is 4. The van der Waals surface area contributed by atoms with Gasteiger partial charge in [-0.15, -0.1) is 23.1 Å². The van der Waals surface area contributed by atoms with Crippen LogP contribution in [0.4, 0.5) is 0 Å². The van der Waals surface area contributed by atoms with Crippen molar-refractivity contribution in [3.05, 3.63) is 52.2 Å². The topological polar surface area (TPSA) is 32.3 Å². The van der Waals surface area contributed by atoms with Crippen LogP contribution < -0.4 is 5.32 Å². The largest absolute Gasteiger partial charge is 0.352 e. The van der Waals surface area contributed by atoms with E-state index in [0.717, 1.165) is 49.5 Å². The highest BCUT2D eigenvalue weighted by Gasteiger charge is 2.20. The van der Waals surface area contributed by atoms with E-state index in [4.69, 9.17) is 0 Å². The van der Waals surface area contributed by atoms with Gasteiger partial charge in [0.15, 0.2) is 0 Å². The molecule has 0 spiro atoms. The second kappa shape index (κ2) is 8.70. The molecule has 0 radical (unpaired) electrons. The van der Waals surface area contributed by atoms with E-state index in [1.807, 2.05) is 41.9 Å². The Hall–Kier alpha value is -1.30. The van der Waals surface area contributed by atoms with Gasteiger partial charge in [-0.3, -0.25) is 9.69 Å². The zero-order chi connectivity index (χ0) is 16.8. The lowest BCUT2D eigenvalue weighted by Crippen LogP contribution is -2.38. The first-order valence-corrected chi connectivity index (χ1v) is 10.5. The lowest BCUT2D eigenvalue weighted by molar-refractivity contribution is 0.0932. The summed E-state index contributed by atoms with van der Waals surface area (Å²) >= 11 is 3.45. The van der Waals surface area contributed by atoms with Crippen molar-refractivity contribution < 1.29 is 4.79 Å². The molecule has 24 heavy (non-hydrogen) atoms. The summed E-state index contributed by atoms with van der Waals surface area (Å²) in [4.78, 5) is 17.4. The van der Waals surface area contributed by atoms with Gasteiger partial charge < -0.3 is 5.32 Å². The summed E-state index contributed by atoms with van der Waals surface area (Å²) in [6.07, 6.45) is 4.33. The van der Waals surface area contributed by atoms with Crippen molar-refractivity contribution in [1.82, 2.24) is 10.2 Å². The Labute approximate surface area is 152 Å². The molecule has 0 aliphatic carbocycles. The first-order valence-electron chi connectivity index (χ1n) is 8.42. The first-order chi connectivity index (χ1) is 11.8. The Kier molecular flexibility index (Phi) is 6.35. The van der Waals surface area contributed by atoms with Crippen molar-refractivity contribution in [3.8, 4) is 0 Å². The number of hydrogen-bond donors (Lipinski definition) is 1. The van der Waals surface area contributed by atoms with Gasteiger partial charge in [-0.25, -0.2) is 0 Å². The molecule has 1 aromatic heterocycles. The third kappa shape index (κ3) is 4.62. The van der Waals surface area contributed by atoms with Crippen molar-refractivity contribution in [2.75, 3.05) is 25.9 Å². The Morgan fingerprint density at radius 1 is 1.25 bits per heavy atom. The molecule has 1 fully saturated rings. The average molecular weight is 361 g/mol. The number of thioether (sulfide) groups is 1. The molecule has 1 aromatic carbocycles. The lowest BCUT2D eigenvalue weighted by Gasteiger charge is -2.31. The predicted molar refractivity (Wildman–Crippen MR) is 103 cm³/mol. The maximum Gasteiger partial charge on any atom is 0.252 e. The average Bonchev–Trinajstić information content (AvgIpc) is 3.14. The number of nitrogens with zero attached hydrogens (tertiary/aromatic N) is 1. The number of carbonyl (C=O) groups excluding carboxylic acids is 1. The number of likely N-dealkylation sites (tertiary alicyclic amines) is 1. The summed E-state index contributed by atoms with van der Waals surface area (Å²) < 4.78 is 0. The number of carbonyl (C=O) groups is 1. The molecule has 0 unspecified atom stereocenters. The highest BCUT2D eigenvalue weighted by molar-refractivity contribution is 7.98. The molecule has 1 amide bonds. The van der Waals surface area contributed by atoms with Crippen molar-refractivity contribution in [2.45, 2.75) is 24.3 Å². The van der Waals surface area contributed by atoms with Gasteiger partial charge in [0.2, 0.25) is 0 Å². The summed E-state index contributed by atoms with van der Waals surface area (Å²) in [6, 6.07) is 12.1. The van der Waals surface area contributed by atoms with Crippen LogP contribution in [0.15, 0.2) is 46.7 Å². The van der Waals surface area contributed by atoms with Gasteiger partial charge in [-0.1, -0.05) is 18.2 Å². The highest BCUT2D eigenvalue weighted by Crippen LogP contribution is 2.22. The molecule has 3 rings (SSSR count). The summed E-state index contributed by atoms with van der Waals surface area (Å²) in [5.41, 5.74) is 0.792. The van der Waals surface area contributed by atoms with Gasteiger partial charge in [-0.05, 0) is 61.7 Å². The summed E-state index contributed by atoms with van der Waals surface area (Å²) in [7, 11) is 0. The van der Waals surface area contributed by atoms with Crippen LogP contribution in [0, 0.1) is 5.92 Å². The van der Waals surface area contributed by atoms with Crippen LogP contribution in [0.3, 0.4) is 0 Å². The van der Waals surface area contributed by atoms with Crippen LogP contribution >= 0.6 is 23.1 Å². The second-order valence-corrected chi connectivity index (χ2v) is 8.09. The van der Waals surface area contributed by atoms with E-state index in [0.29, 0.717) is 5.92 Å². The van der Waals surface area contributed by atoms with Crippen LogP contribution in [-0.4, -0.2) is 36.7 Å². The predicted octanol–water partition coefficient (Wildman–Crippen LogP) is 4.11. The standard InChI is InChI=1S/C19H24N2OS2/c1-23-18-7-3-2-6-17(18)19(22)20-13-15-8-10-21(11-9-15)14-16-5-4-12-24-16/h2-7,12,15H,8-11,13-14H2,1H3,(H,20,22). The van der Waals surface area contributed by atoms with Gasteiger partial charge in [0.25, 0.3) is 5.91 Å². The van der Waals surface area contributed by atoms with Crippen molar-refractivity contribution in [2.24, 2.45) is 5.92 Å². The normalized spacial score (nSPS) is 16.2. The fourth-order valence-corrected chi connectivity index (χ4v) is 4.48. The Morgan fingerprint density at radius 3 is 2.75 bits per heavy atom. The molecule has 1 aliphatic heterocycles. The quantitative estimate of drug-likeness (QED) is 0.787. The summed E-state index contributed by atoms with van der Waals surface area (Å²) in [5.74, 6) is 0.649. The molecule has 2 heterocycles. The number of nitrogens with one attached hydrogen (secondary N) is 1. The van der Waals surface area contributed by atoms with Crippen LogP contribution in [-0.2, 0) is 6.54 Å². The van der Waals surface area contributed by atoms with E-state index in [2.05, 4.69) is 27.7 Å². The smallest absolute Gasteiger partial charge is 0.252 e. The third-order valence-electron chi connectivity index (χ3n) is 4.57. The Morgan fingerprint density at radius 2 is 2.04 bits per heavy atom. The molecule has 1 saturated heterocycles. The van der Waals surface area contributed by atoms with Crippen LogP contribution in [0.2, 0.25) is 0 Å². The maximum atomic E-state index is 12.4.